The van der Waals surface area contributed by atoms with Gasteiger partial charge in [0.05, 0.1) is 10.8 Å². The van der Waals surface area contributed by atoms with Crippen LogP contribution >= 0.6 is 0 Å². The van der Waals surface area contributed by atoms with Gasteiger partial charge in [0.2, 0.25) is 11.8 Å². The van der Waals surface area contributed by atoms with Crippen LogP contribution in [0.3, 0.4) is 0 Å². The van der Waals surface area contributed by atoms with Crippen molar-refractivity contribution in [3.05, 3.63) is 60.2 Å². The molecule has 148 valence electrons. The van der Waals surface area contributed by atoms with E-state index in [4.69, 9.17) is 0 Å². The van der Waals surface area contributed by atoms with Gasteiger partial charge in [-0.2, -0.15) is 0 Å². The van der Waals surface area contributed by atoms with E-state index >= 15 is 0 Å². The van der Waals surface area contributed by atoms with Crippen molar-refractivity contribution in [3.63, 3.8) is 0 Å². The molecule has 0 aliphatic carbocycles. The molecule has 0 radical (unpaired) electrons. The molecule has 2 aromatic carbocycles. The summed E-state index contributed by atoms with van der Waals surface area (Å²) in [5, 5.41) is 0. The van der Waals surface area contributed by atoms with Crippen LogP contribution in [0, 0.1) is 5.92 Å². The van der Waals surface area contributed by atoms with Gasteiger partial charge in [0.25, 0.3) is 10.0 Å². The Labute approximate surface area is 164 Å². The minimum atomic E-state index is -3.85. The summed E-state index contributed by atoms with van der Waals surface area (Å²) < 4.78 is 24.4. The van der Waals surface area contributed by atoms with E-state index in [1.165, 1.54) is 17.7 Å². The van der Waals surface area contributed by atoms with Crippen molar-refractivity contribution < 1.29 is 18.0 Å². The van der Waals surface area contributed by atoms with Crippen LogP contribution in [0.4, 0.5) is 5.69 Å². The Morgan fingerprint density at radius 1 is 1.11 bits per heavy atom. The number of hydrogen-bond acceptors (Lipinski definition) is 4. The molecular formula is C20H23N3O4S. The monoisotopic (exact) mass is 401 g/mol. The largest absolute Gasteiger partial charge is 0.312 e. The van der Waals surface area contributed by atoms with Crippen LogP contribution in [0.15, 0.2) is 59.5 Å². The lowest BCUT2D eigenvalue weighted by atomic mass is 10.1. The number of benzene rings is 2. The lowest BCUT2D eigenvalue weighted by Crippen LogP contribution is -2.45. The number of sulfonamides is 1. The first-order valence-electron chi connectivity index (χ1n) is 9.16. The first-order valence-corrected chi connectivity index (χ1v) is 10.6. The van der Waals surface area contributed by atoms with Gasteiger partial charge in [0, 0.05) is 18.7 Å². The van der Waals surface area contributed by atoms with Crippen LogP contribution in [0.1, 0.15) is 25.3 Å². The van der Waals surface area contributed by atoms with E-state index in [2.05, 4.69) is 17.2 Å². The second kappa shape index (κ2) is 8.53. The van der Waals surface area contributed by atoms with E-state index in [1.807, 2.05) is 24.3 Å². The Morgan fingerprint density at radius 3 is 2.43 bits per heavy atom. The van der Waals surface area contributed by atoms with E-state index in [0.29, 0.717) is 0 Å². The molecule has 0 bridgehead atoms. The predicted molar refractivity (Wildman–Crippen MR) is 106 cm³/mol. The third-order valence-electron chi connectivity index (χ3n) is 4.64. The highest BCUT2D eigenvalue weighted by Crippen LogP contribution is 2.25. The summed E-state index contributed by atoms with van der Waals surface area (Å²) in [6.45, 7) is 2.32. The summed E-state index contributed by atoms with van der Waals surface area (Å²) in [5.74, 6) is -1.31. The molecule has 7 nitrogen and oxygen atoms in total. The molecule has 2 N–H and O–H groups in total. The normalized spacial score (nSPS) is 17.0. The zero-order valence-electron chi connectivity index (χ0n) is 15.6. The van der Waals surface area contributed by atoms with Crippen molar-refractivity contribution in [1.82, 2.24) is 10.3 Å². The molecule has 1 aliphatic rings. The highest BCUT2D eigenvalue weighted by Gasteiger charge is 2.35. The minimum absolute atomic E-state index is 0.0373. The Balaban J connectivity index is 1.60. The number of anilines is 1. The first-order chi connectivity index (χ1) is 13.4. The van der Waals surface area contributed by atoms with Crippen LogP contribution in [-0.2, 0) is 26.0 Å². The maximum absolute atomic E-state index is 12.4. The van der Waals surface area contributed by atoms with E-state index in [9.17, 15) is 18.0 Å². The molecule has 0 spiro atoms. The molecule has 8 heteroatoms. The number of nitrogens with one attached hydrogen (secondary N) is 2. The zero-order chi connectivity index (χ0) is 20.1. The number of aryl methyl sites for hydroxylation is 1. The van der Waals surface area contributed by atoms with Crippen LogP contribution in [0.25, 0.3) is 0 Å². The highest BCUT2D eigenvalue weighted by molar-refractivity contribution is 7.89. The third-order valence-corrected chi connectivity index (χ3v) is 5.91. The zero-order valence-corrected chi connectivity index (χ0v) is 16.4. The van der Waals surface area contributed by atoms with Gasteiger partial charge in [-0.3, -0.25) is 15.0 Å². The minimum Gasteiger partial charge on any atom is -0.312 e. The average Bonchev–Trinajstić information content (AvgIpc) is 3.09. The Hall–Kier alpha value is -2.71. The topological polar surface area (TPSA) is 95.6 Å². The standard InChI is InChI=1S/C20H23N3O4S/c1-2-6-15-9-11-17(12-10-15)23-14-16(13-19(23)24)20(25)21-22-28(26,27)18-7-4-3-5-8-18/h3-5,7-12,16,22H,2,6,13-14H2,1H3,(H,21,25). The molecule has 1 heterocycles. The van der Waals surface area contributed by atoms with Crippen molar-refractivity contribution in [2.75, 3.05) is 11.4 Å². The summed E-state index contributed by atoms with van der Waals surface area (Å²) in [6.07, 6.45) is 2.06. The molecular weight excluding hydrogens is 378 g/mol. The first kappa shape index (κ1) is 20.0. The van der Waals surface area contributed by atoms with Crippen LogP contribution in [0.5, 0.6) is 0 Å². The van der Waals surface area contributed by atoms with Crippen LogP contribution in [-0.4, -0.2) is 26.8 Å². The second-order valence-electron chi connectivity index (χ2n) is 6.73. The number of hydrazine groups is 1. The average molecular weight is 401 g/mol. The lowest BCUT2D eigenvalue weighted by molar-refractivity contribution is -0.126. The number of carbonyl (C=O) groups is 2. The summed E-state index contributed by atoms with van der Waals surface area (Å²) in [6, 6.07) is 15.5. The van der Waals surface area contributed by atoms with Crippen molar-refractivity contribution in [2.24, 2.45) is 5.92 Å². The van der Waals surface area contributed by atoms with Gasteiger partial charge in [-0.05, 0) is 36.2 Å². The van der Waals surface area contributed by atoms with Crippen molar-refractivity contribution in [3.8, 4) is 0 Å². The number of rotatable bonds is 7. The third kappa shape index (κ3) is 4.58. The number of amides is 2. The quantitative estimate of drug-likeness (QED) is 0.694. The van der Waals surface area contributed by atoms with Gasteiger partial charge in [0.15, 0.2) is 0 Å². The lowest BCUT2D eigenvalue weighted by Gasteiger charge is -2.17. The smallest absolute Gasteiger partial charge is 0.257 e. The summed E-state index contributed by atoms with van der Waals surface area (Å²) in [7, 11) is -3.85. The molecule has 1 aliphatic heterocycles. The SMILES string of the molecule is CCCc1ccc(N2CC(C(=O)NNS(=O)(=O)c3ccccc3)CC2=O)cc1. The van der Waals surface area contributed by atoms with Gasteiger partial charge < -0.3 is 4.90 Å². The predicted octanol–water partition coefficient (Wildman–Crippen LogP) is 2.00. The molecule has 1 fully saturated rings. The fourth-order valence-electron chi connectivity index (χ4n) is 3.14. The van der Waals surface area contributed by atoms with Crippen molar-refractivity contribution >= 4 is 27.5 Å². The van der Waals surface area contributed by atoms with E-state index in [1.54, 1.807) is 23.1 Å². The summed E-state index contributed by atoms with van der Waals surface area (Å²) in [5.41, 5.74) is 4.16. The van der Waals surface area contributed by atoms with Gasteiger partial charge in [-0.15, -0.1) is 4.83 Å². The molecule has 2 amide bonds. The van der Waals surface area contributed by atoms with Crippen molar-refractivity contribution in [1.29, 1.82) is 0 Å². The molecule has 1 saturated heterocycles. The Morgan fingerprint density at radius 2 is 1.79 bits per heavy atom. The number of carbonyl (C=O) groups excluding carboxylic acids is 2. The maximum atomic E-state index is 12.4. The van der Waals surface area contributed by atoms with E-state index in [0.717, 1.165) is 18.5 Å². The number of nitrogens with zero attached hydrogens (tertiary/aromatic N) is 1. The second-order valence-corrected chi connectivity index (χ2v) is 8.41. The van der Waals surface area contributed by atoms with Gasteiger partial charge in [0.1, 0.15) is 0 Å². The number of hydrogen-bond donors (Lipinski definition) is 2. The Kier molecular flexibility index (Phi) is 6.11. The van der Waals surface area contributed by atoms with Gasteiger partial charge >= 0.3 is 0 Å². The molecule has 1 unspecified atom stereocenters. The molecule has 0 aromatic heterocycles. The fraction of sp³-hybridized carbons (Fsp3) is 0.300. The molecule has 3 rings (SSSR count). The maximum Gasteiger partial charge on any atom is 0.257 e. The molecule has 28 heavy (non-hydrogen) atoms. The van der Waals surface area contributed by atoms with E-state index in [-0.39, 0.29) is 23.8 Å². The summed E-state index contributed by atoms with van der Waals surface area (Å²) >= 11 is 0. The van der Waals surface area contributed by atoms with Crippen molar-refractivity contribution in [2.45, 2.75) is 31.1 Å². The van der Waals surface area contributed by atoms with E-state index < -0.39 is 21.8 Å². The Bertz CT molecular complexity index is 943. The van der Waals surface area contributed by atoms with Gasteiger partial charge in [-0.25, -0.2) is 8.42 Å². The molecule has 2 aromatic rings. The summed E-state index contributed by atoms with van der Waals surface area (Å²) in [4.78, 5) is 28.4. The molecule has 1 atom stereocenters. The van der Waals surface area contributed by atoms with Crippen LogP contribution < -0.4 is 15.2 Å². The van der Waals surface area contributed by atoms with Crippen LogP contribution in [0.2, 0.25) is 0 Å². The molecule has 0 saturated carbocycles. The van der Waals surface area contributed by atoms with Gasteiger partial charge in [-0.1, -0.05) is 43.7 Å². The highest BCUT2D eigenvalue weighted by atomic mass is 32.2. The fourth-order valence-corrected chi connectivity index (χ4v) is 4.01.